The van der Waals surface area contributed by atoms with Gasteiger partial charge < -0.3 is 10.1 Å². The largest absolute Gasteiger partial charge is 0.376 e. The molecule has 0 saturated heterocycles. The highest BCUT2D eigenvalue weighted by Gasteiger charge is 2.34. The molecule has 19 heavy (non-hydrogen) atoms. The van der Waals surface area contributed by atoms with Gasteiger partial charge in [-0.2, -0.15) is 0 Å². The summed E-state index contributed by atoms with van der Waals surface area (Å²) in [6.45, 7) is 14.6. The minimum atomic E-state index is 0.0745. The van der Waals surface area contributed by atoms with E-state index < -0.39 is 0 Å². The van der Waals surface area contributed by atoms with Crippen LogP contribution in [0.5, 0.6) is 0 Å². The van der Waals surface area contributed by atoms with Crippen molar-refractivity contribution in [2.45, 2.75) is 53.7 Å². The number of likely N-dealkylation sites (N-methyl/N-ethyl adjacent to an activating group) is 1. The Morgan fingerprint density at radius 2 is 2.00 bits per heavy atom. The van der Waals surface area contributed by atoms with Crippen LogP contribution in [-0.4, -0.2) is 24.2 Å². The molecule has 108 valence electrons. The topological polar surface area (TPSA) is 34.2 Å². The maximum absolute atomic E-state index is 6.04. The smallest absolute Gasteiger partial charge is 0.0818 e. The number of nitrogens with zero attached hydrogens (tertiary/aromatic N) is 1. The van der Waals surface area contributed by atoms with Crippen LogP contribution in [0.4, 0.5) is 0 Å². The fourth-order valence-corrected chi connectivity index (χ4v) is 2.43. The van der Waals surface area contributed by atoms with Crippen LogP contribution in [0.3, 0.4) is 0 Å². The molecule has 0 saturated carbocycles. The lowest BCUT2D eigenvalue weighted by Crippen LogP contribution is -2.42. The second-order valence-corrected chi connectivity index (χ2v) is 6.01. The number of hydrogen-bond acceptors (Lipinski definition) is 3. The molecule has 0 radical (unpaired) electrons. The van der Waals surface area contributed by atoms with E-state index in [2.05, 4.69) is 57.9 Å². The molecule has 1 rings (SSSR count). The number of aryl methyl sites for hydroxylation is 1. The van der Waals surface area contributed by atoms with E-state index in [4.69, 9.17) is 4.74 Å². The molecule has 0 aromatic carbocycles. The third-order valence-electron chi connectivity index (χ3n) is 3.34. The van der Waals surface area contributed by atoms with Crippen molar-refractivity contribution in [1.29, 1.82) is 0 Å². The van der Waals surface area contributed by atoms with Gasteiger partial charge in [0.05, 0.1) is 12.1 Å². The van der Waals surface area contributed by atoms with E-state index in [1.54, 1.807) is 0 Å². The average molecular weight is 264 g/mol. The lowest BCUT2D eigenvalue weighted by atomic mass is 9.81. The number of nitrogens with one attached hydrogen (secondary N) is 1. The van der Waals surface area contributed by atoms with Crippen molar-refractivity contribution < 1.29 is 4.74 Å². The molecule has 1 N–H and O–H groups in total. The molecule has 1 aromatic heterocycles. The molecule has 3 nitrogen and oxygen atoms in total. The first-order valence-electron chi connectivity index (χ1n) is 7.17. The van der Waals surface area contributed by atoms with Gasteiger partial charge >= 0.3 is 0 Å². The van der Waals surface area contributed by atoms with Crippen LogP contribution in [-0.2, 0) is 4.74 Å². The molecule has 0 aliphatic carbocycles. The van der Waals surface area contributed by atoms with Gasteiger partial charge in [0.25, 0.3) is 0 Å². The fourth-order valence-electron chi connectivity index (χ4n) is 2.43. The first-order valence-corrected chi connectivity index (χ1v) is 7.17. The third-order valence-corrected chi connectivity index (χ3v) is 3.34. The Morgan fingerprint density at radius 3 is 2.47 bits per heavy atom. The summed E-state index contributed by atoms with van der Waals surface area (Å²) in [6, 6.07) is 2.24. The summed E-state index contributed by atoms with van der Waals surface area (Å²) in [5.41, 5.74) is 2.57. The standard InChI is InChI=1S/C16H28N2O/c1-7-18-14(13-11-17-10-9-12(13)3)15(19-8-2)16(4,5)6/h9-11,14-15,18H,7-8H2,1-6H3. The van der Waals surface area contributed by atoms with Gasteiger partial charge in [0.15, 0.2) is 0 Å². The summed E-state index contributed by atoms with van der Waals surface area (Å²) >= 11 is 0. The molecule has 1 aromatic rings. The summed E-state index contributed by atoms with van der Waals surface area (Å²) in [5.74, 6) is 0. The Morgan fingerprint density at radius 1 is 1.32 bits per heavy atom. The van der Waals surface area contributed by atoms with Crippen LogP contribution >= 0.6 is 0 Å². The van der Waals surface area contributed by atoms with Crippen molar-refractivity contribution in [2.75, 3.05) is 13.2 Å². The molecule has 3 heteroatoms. The van der Waals surface area contributed by atoms with Crippen LogP contribution in [0.15, 0.2) is 18.5 Å². The predicted molar refractivity (Wildman–Crippen MR) is 80.3 cm³/mol. The van der Waals surface area contributed by atoms with Gasteiger partial charge in [-0.1, -0.05) is 27.7 Å². The molecule has 0 spiro atoms. The Bertz CT molecular complexity index is 385. The molecule has 0 aliphatic rings. The predicted octanol–water partition coefficient (Wildman–Crippen LogP) is 3.49. The summed E-state index contributed by atoms with van der Waals surface area (Å²) in [7, 11) is 0. The average Bonchev–Trinajstić information content (AvgIpc) is 2.33. The molecule has 0 amide bonds. The van der Waals surface area contributed by atoms with Crippen LogP contribution in [0.25, 0.3) is 0 Å². The third kappa shape index (κ3) is 4.29. The number of rotatable bonds is 6. The second-order valence-electron chi connectivity index (χ2n) is 6.01. The van der Waals surface area contributed by atoms with Crippen molar-refractivity contribution in [1.82, 2.24) is 10.3 Å². The molecule has 0 bridgehead atoms. The zero-order chi connectivity index (χ0) is 14.5. The van der Waals surface area contributed by atoms with E-state index in [-0.39, 0.29) is 17.6 Å². The van der Waals surface area contributed by atoms with Crippen LogP contribution in [0, 0.1) is 12.3 Å². The van der Waals surface area contributed by atoms with E-state index >= 15 is 0 Å². The van der Waals surface area contributed by atoms with E-state index in [0.717, 1.165) is 13.2 Å². The maximum Gasteiger partial charge on any atom is 0.0818 e. The Kier molecular flexibility index (Phi) is 5.95. The monoisotopic (exact) mass is 264 g/mol. The SMILES string of the molecule is CCNC(c1cnccc1C)C(OCC)C(C)(C)C. The van der Waals surface area contributed by atoms with E-state index in [1.165, 1.54) is 11.1 Å². The van der Waals surface area contributed by atoms with E-state index in [1.807, 2.05) is 12.4 Å². The quantitative estimate of drug-likeness (QED) is 0.854. The fraction of sp³-hybridized carbons (Fsp3) is 0.688. The van der Waals surface area contributed by atoms with Gasteiger partial charge in [0.2, 0.25) is 0 Å². The summed E-state index contributed by atoms with van der Waals surface area (Å²) in [5, 5.41) is 3.57. The van der Waals surface area contributed by atoms with Crippen molar-refractivity contribution in [3.8, 4) is 0 Å². The Balaban J connectivity index is 3.14. The molecule has 0 fully saturated rings. The number of pyridine rings is 1. The molecule has 0 aliphatic heterocycles. The Labute approximate surface area is 117 Å². The molecule has 2 unspecified atom stereocenters. The lowest BCUT2D eigenvalue weighted by molar-refractivity contribution is -0.0364. The highest BCUT2D eigenvalue weighted by molar-refractivity contribution is 5.26. The maximum atomic E-state index is 6.04. The molecule has 2 atom stereocenters. The minimum Gasteiger partial charge on any atom is -0.376 e. The van der Waals surface area contributed by atoms with Crippen molar-refractivity contribution in [3.63, 3.8) is 0 Å². The summed E-state index contributed by atoms with van der Waals surface area (Å²) in [6.07, 6.45) is 3.93. The van der Waals surface area contributed by atoms with Gasteiger partial charge in [-0.05, 0) is 43.0 Å². The van der Waals surface area contributed by atoms with Gasteiger partial charge in [-0.3, -0.25) is 4.98 Å². The molecular weight excluding hydrogens is 236 g/mol. The molecule has 1 heterocycles. The van der Waals surface area contributed by atoms with Gasteiger partial charge in [0.1, 0.15) is 0 Å². The summed E-state index contributed by atoms with van der Waals surface area (Å²) < 4.78 is 6.04. The first-order chi connectivity index (χ1) is 8.91. The number of ether oxygens (including phenoxy) is 1. The van der Waals surface area contributed by atoms with Crippen molar-refractivity contribution in [2.24, 2.45) is 5.41 Å². The van der Waals surface area contributed by atoms with Gasteiger partial charge in [-0.25, -0.2) is 0 Å². The van der Waals surface area contributed by atoms with Crippen LogP contribution in [0.1, 0.15) is 51.8 Å². The van der Waals surface area contributed by atoms with Crippen molar-refractivity contribution in [3.05, 3.63) is 29.6 Å². The highest BCUT2D eigenvalue weighted by atomic mass is 16.5. The molecular formula is C16H28N2O. The zero-order valence-electron chi connectivity index (χ0n) is 13.2. The van der Waals surface area contributed by atoms with Gasteiger partial charge in [0, 0.05) is 19.0 Å². The van der Waals surface area contributed by atoms with Crippen molar-refractivity contribution >= 4 is 0 Å². The first kappa shape index (κ1) is 16.1. The van der Waals surface area contributed by atoms with Crippen LogP contribution in [0.2, 0.25) is 0 Å². The van der Waals surface area contributed by atoms with Crippen LogP contribution < -0.4 is 5.32 Å². The van der Waals surface area contributed by atoms with E-state index in [0.29, 0.717) is 0 Å². The highest BCUT2D eigenvalue weighted by Crippen LogP contribution is 2.33. The number of aromatic nitrogens is 1. The number of hydrogen-bond donors (Lipinski definition) is 1. The zero-order valence-corrected chi connectivity index (χ0v) is 13.2. The lowest BCUT2D eigenvalue weighted by Gasteiger charge is -2.37. The normalized spacial score (nSPS) is 15.3. The van der Waals surface area contributed by atoms with Gasteiger partial charge in [-0.15, -0.1) is 0 Å². The van der Waals surface area contributed by atoms with E-state index in [9.17, 15) is 0 Å². The Hall–Kier alpha value is -0.930. The minimum absolute atomic E-state index is 0.0745. The summed E-state index contributed by atoms with van der Waals surface area (Å²) in [4.78, 5) is 4.28. The second kappa shape index (κ2) is 7.01.